The van der Waals surface area contributed by atoms with Crippen molar-refractivity contribution in [1.29, 1.82) is 0 Å². The van der Waals surface area contributed by atoms with Crippen LogP contribution in [0.3, 0.4) is 0 Å². The minimum Gasteiger partial charge on any atom is -0.260 e. The lowest BCUT2D eigenvalue weighted by atomic mass is 10.1. The van der Waals surface area contributed by atoms with Gasteiger partial charge in [-0.2, -0.15) is 4.31 Å². The van der Waals surface area contributed by atoms with Gasteiger partial charge in [-0.1, -0.05) is 60.1 Å². The van der Waals surface area contributed by atoms with Crippen LogP contribution in [0.4, 0.5) is 0 Å². The Morgan fingerprint density at radius 1 is 0.889 bits per heavy atom. The highest BCUT2D eigenvalue weighted by molar-refractivity contribution is 7.88. The number of hydrogen-bond donors (Lipinski definition) is 0. The second-order valence-electron chi connectivity index (χ2n) is 6.28. The van der Waals surface area contributed by atoms with Crippen LogP contribution >= 0.6 is 11.6 Å². The van der Waals surface area contributed by atoms with Gasteiger partial charge >= 0.3 is 0 Å². The fourth-order valence-electron chi connectivity index (χ4n) is 2.82. The first-order valence-electron chi connectivity index (χ1n) is 8.69. The zero-order chi connectivity index (χ0) is 19.1. The molecule has 0 aliphatic carbocycles. The van der Waals surface area contributed by atoms with Gasteiger partial charge in [-0.15, -0.1) is 0 Å². The summed E-state index contributed by atoms with van der Waals surface area (Å²) in [4.78, 5) is 4.28. The monoisotopic (exact) mass is 400 g/mol. The van der Waals surface area contributed by atoms with E-state index in [9.17, 15) is 8.42 Å². The molecule has 1 aromatic heterocycles. The molecule has 0 spiro atoms. The average Bonchev–Trinajstić information content (AvgIpc) is 2.66. The number of benzene rings is 2. The SMILES string of the molecule is O=S(=O)(Cc1cccc(Cl)c1)N(CCc1ccccc1)Cc1ccccn1. The average molecular weight is 401 g/mol. The van der Waals surface area contributed by atoms with Gasteiger partial charge in [-0.25, -0.2) is 8.42 Å². The van der Waals surface area contributed by atoms with Crippen LogP contribution in [0.5, 0.6) is 0 Å². The second kappa shape index (κ2) is 9.13. The lowest BCUT2D eigenvalue weighted by Crippen LogP contribution is -2.33. The predicted molar refractivity (Wildman–Crippen MR) is 109 cm³/mol. The van der Waals surface area contributed by atoms with Crippen molar-refractivity contribution in [3.8, 4) is 0 Å². The fraction of sp³-hybridized carbons (Fsp3) is 0.190. The Bertz CT molecular complexity index is 964. The second-order valence-corrected chi connectivity index (χ2v) is 8.68. The first-order valence-corrected chi connectivity index (χ1v) is 10.7. The van der Waals surface area contributed by atoms with Gasteiger partial charge < -0.3 is 0 Å². The van der Waals surface area contributed by atoms with E-state index in [1.54, 1.807) is 30.5 Å². The Hall–Kier alpha value is -2.21. The lowest BCUT2D eigenvalue weighted by Gasteiger charge is -2.22. The lowest BCUT2D eigenvalue weighted by molar-refractivity contribution is 0.404. The minimum atomic E-state index is -3.53. The molecule has 0 aliphatic rings. The molecule has 140 valence electrons. The highest BCUT2D eigenvalue weighted by Crippen LogP contribution is 2.18. The van der Waals surface area contributed by atoms with Gasteiger partial charge in [0, 0.05) is 17.8 Å². The van der Waals surface area contributed by atoms with Gasteiger partial charge in [0.05, 0.1) is 18.0 Å². The molecule has 0 unspecified atom stereocenters. The normalized spacial score (nSPS) is 11.6. The van der Waals surface area contributed by atoms with E-state index >= 15 is 0 Å². The molecule has 0 atom stereocenters. The summed E-state index contributed by atoms with van der Waals surface area (Å²) < 4.78 is 27.7. The summed E-state index contributed by atoms with van der Waals surface area (Å²) in [7, 11) is -3.53. The summed E-state index contributed by atoms with van der Waals surface area (Å²) in [5.41, 5.74) is 2.50. The molecule has 0 amide bonds. The summed E-state index contributed by atoms with van der Waals surface area (Å²) in [6.45, 7) is 0.639. The molecule has 0 radical (unpaired) electrons. The Morgan fingerprint density at radius 3 is 2.33 bits per heavy atom. The van der Waals surface area contributed by atoms with E-state index in [0.717, 1.165) is 11.3 Å². The number of hydrogen-bond acceptors (Lipinski definition) is 3. The zero-order valence-corrected chi connectivity index (χ0v) is 16.4. The van der Waals surface area contributed by atoms with Crippen LogP contribution in [-0.4, -0.2) is 24.3 Å². The van der Waals surface area contributed by atoms with Crippen molar-refractivity contribution in [3.63, 3.8) is 0 Å². The summed E-state index contributed by atoms with van der Waals surface area (Å²) >= 11 is 6.01. The Morgan fingerprint density at radius 2 is 1.63 bits per heavy atom. The highest BCUT2D eigenvalue weighted by Gasteiger charge is 2.23. The number of pyridine rings is 1. The quantitative estimate of drug-likeness (QED) is 0.566. The number of rotatable bonds is 8. The molecule has 0 fully saturated rings. The molecule has 0 aliphatic heterocycles. The molecule has 3 aromatic rings. The molecule has 2 aromatic carbocycles. The van der Waals surface area contributed by atoms with Crippen molar-refractivity contribution >= 4 is 21.6 Å². The Kier molecular flexibility index (Phi) is 6.61. The molecule has 6 heteroatoms. The van der Waals surface area contributed by atoms with Gasteiger partial charge in [-0.05, 0) is 41.8 Å². The highest BCUT2D eigenvalue weighted by atomic mass is 35.5. The van der Waals surface area contributed by atoms with Crippen molar-refractivity contribution in [3.05, 3.63) is 101 Å². The van der Waals surface area contributed by atoms with Crippen LogP contribution in [-0.2, 0) is 28.7 Å². The molecule has 0 bridgehead atoms. The van der Waals surface area contributed by atoms with Gasteiger partial charge in [0.25, 0.3) is 0 Å². The topological polar surface area (TPSA) is 50.3 Å². The van der Waals surface area contributed by atoms with Crippen LogP contribution in [0.25, 0.3) is 0 Å². The first-order chi connectivity index (χ1) is 13.0. The summed E-state index contributed by atoms with van der Waals surface area (Å²) in [5.74, 6) is -0.0881. The van der Waals surface area contributed by atoms with E-state index in [1.807, 2.05) is 48.5 Å². The third-order valence-electron chi connectivity index (χ3n) is 4.19. The van der Waals surface area contributed by atoms with E-state index < -0.39 is 10.0 Å². The van der Waals surface area contributed by atoms with Crippen molar-refractivity contribution in [2.45, 2.75) is 18.7 Å². The van der Waals surface area contributed by atoms with Crippen molar-refractivity contribution < 1.29 is 8.42 Å². The van der Waals surface area contributed by atoms with Crippen LogP contribution in [0.1, 0.15) is 16.8 Å². The van der Waals surface area contributed by atoms with E-state index in [1.165, 1.54) is 4.31 Å². The molecular weight excluding hydrogens is 380 g/mol. The zero-order valence-electron chi connectivity index (χ0n) is 14.8. The molecule has 0 N–H and O–H groups in total. The number of nitrogens with zero attached hydrogens (tertiary/aromatic N) is 2. The van der Waals surface area contributed by atoms with Crippen molar-refractivity contribution in [1.82, 2.24) is 9.29 Å². The fourth-order valence-corrected chi connectivity index (χ4v) is 4.51. The third kappa shape index (κ3) is 5.89. The standard InChI is InChI=1S/C21H21ClN2O2S/c22-20-10-6-9-19(15-20)17-27(25,26)24(16-21-11-4-5-13-23-21)14-12-18-7-2-1-3-8-18/h1-11,13,15H,12,14,16-17H2. The summed E-state index contributed by atoms with van der Waals surface area (Å²) in [6.07, 6.45) is 2.32. The van der Waals surface area contributed by atoms with Crippen LogP contribution in [0.15, 0.2) is 79.0 Å². The van der Waals surface area contributed by atoms with E-state index in [0.29, 0.717) is 23.6 Å². The van der Waals surface area contributed by atoms with Gasteiger partial charge in [0.1, 0.15) is 0 Å². The van der Waals surface area contributed by atoms with Crippen molar-refractivity contribution in [2.75, 3.05) is 6.54 Å². The maximum Gasteiger partial charge on any atom is 0.218 e. The maximum atomic E-state index is 13.1. The van der Waals surface area contributed by atoms with Crippen LogP contribution < -0.4 is 0 Å². The third-order valence-corrected chi connectivity index (χ3v) is 6.22. The molecule has 3 rings (SSSR count). The maximum absolute atomic E-state index is 13.1. The van der Waals surface area contributed by atoms with Crippen LogP contribution in [0, 0.1) is 0 Å². The number of aromatic nitrogens is 1. The van der Waals surface area contributed by atoms with E-state index in [4.69, 9.17) is 11.6 Å². The summed E-state index contributed by atoms with van der Waals surface area (Å²) in [6, 6.07) is 22.4. The molecule has 27 heavy (non-hydrogen) atoms. The molecule has 1 heterocycles. The first kappa shape index (κ1) is 19.5. The molecule has 0 saturated heterocycles. The van der Waals surface area contributed by atoms with E-state index in [-0.39, 0.29) is 12.3 Å². The molecule has 4 nitrogen and oxygen atoms in total. The Balaban J connectivity index is 1.80. The van der Waals surface area contributed by atoms with Crippen LogP contribution in [0.2, 0.25) is 5.02 Å². The predicted octanol–water partition coefficient (Wildman–Crippen LogP) is 4.31. The van der Waals surface area contributed by atoms with Gasteiger partial charge in [0.2, 0.25) is 10.0 Å². The number of sulfonamides is 1. The minimum absolute atomic E-state index is 0.0881. The van der Waals surface area contributed by atoms with E-state index in [2.05, 4.69) is 4.98 Å². The number of halogens is 1. The van der Waals surface area contributed by atoms with Crippen molar-refractivity contribution in [2.24, 2.45) is 0 Å². The molecule has 0 saturated carbocycles. The Labute approximate surface area is 165 Å². The summed E-state index contributed by atoms with van der Waals surface area (Å²) in [5, 5.41) is 0.531. The largest absolute Gasteiger partial charge is 0.260 e. The molecular formula is C21H21ClN2O2S. The van der Waals surface area contributed by atoms with Gasteiger partial charge in [0.15, 0.2) is 0 Å². The van der Waals surface area contributed by atoms with Gasteiger partial charge in [-0.3, -0.25) is 4.98 Å². The smallest absolute Gasteiger partial charge is 0.218 e.